The van der Waals surface area contributed by atoms with Crippen LogP contribution in [-0.4, -0.2) is 23.7 Å². The number of unbranched alkanes of at least 4 members (excludes halogenated alkanes) is 1. The summed E-state index contributed by atoms with van der Waals surface area (Å²) in [6.07, 6.45) is 2.49. The van der Waals surface area contributed by atoms with Crippen LogP contribution in [0, 0.1) is 0 Å². The van der Waals surface area contributed by atoms with Crippen LogP contribution >= 0.6 is 0 Å². The first-order valence-corrected chi connectivity index (χ1v) is 4.68. The molecular weight excluding hydrogens is 166 g/mol. The van der Waals surface area contributed by atoms with Crippen molar-refractivity contribution >= 4 is 5.97 Å². The van der Waals surface area contributed by atoms with Crippen molar-refractivity contribution in [2.75, 3.05) is 6.54 Å². The monoisotopic (exact) mass is 185 g/mol. The van der Waals surface area contributed by atoms with Gasteiger partial charge in [0, 0.05) is 11.6 Å². The molecule has 0 aliphatic rings. The van der Waals surface area contributed by atoms with Crippen molar-refractivity contribution in [3.8, 4) is 0 Å². The highest BCUT2D eigenvalue weighted by Crippen LogP contribution is 2.04. The first kappa shape index (κ1) is 12.2. The van der Waals surface area contributed by atoms with Crippen LogP contribution in [0.4, 0.5) is 0 Å². The molecular formula is C10H19NO2. The number of aliphatic carboxylic acids is 1. The lowest BCUT2D eigenvalue weighted by Crippen LogP contribution is -2.23. The average molecular weight is 185 g/mol. The van der Waals surface area contributed by atoms with Crippen LogP contribution in [0.5, 0.6) is 0 Å². The number of carbonyl (C=O) groups is 1. The number of hydrogen-bond acceptors (Lipinski definition) is 2. The fraction of sp³-hybridized carbons (Fsp3) is 0.700. The van der Waals surface area contributed by atoms with Crippen LogP contribution in [-0.2, 0) is 4.79 Å². The van der Waals surface area contributed by atoms with E-state index in [-0.39, 0.29) is 0 Å². The van der Waals surface area contributed by atoms with E-state index in [2.05, 4.69) is 25.7 Å². The summed E-state index contributed by atoms with van der Waals surface area (Å²) in [6.45, 7) is 8.60. The van der Waals surface area contributed by atoms with E-state index in [1.807, 2.05) is 0 Å². The summed E-state index contributed by atoms with van der Waals surface area (Å²) in [5.74, 6) is -0.878. The maximum atomic E-state index is 10.4. The van der Waals surface area contributed by atoms with Crippen LogP contribution in [0.15, 0.2) is 12.2 Å². The molecule has 76 valence electrons. The Labute approximate surface area is 79.8 Å². The Morgan fingerprint density at radius 2 is 2.08 bits per heavy atom. The normalized spacial score (nSPS) is 10.4. The van der Waals surface area contributed by atoms with Gasteiger partial charge in [-0.1, -0.05) is 20.4 Å². The van der Waals surface area contributed by atoms with E-state index in [0.717, 1.165) is 19.4 Å². The van der Waals surface area contributed by atoms with Crippen molar-refractivity contribution in [2.24, 2.45) is 0 Å². The van der Waals surface area contributed by atoms with Gasteiger partial charge in [-0.25, -0.2) is 4.79 Å². The maximum Gasteiger partial charge on any atom is 0.330 e. The predicted molar refractivity (Wildman–Crippen MR) is 53.8 cm³/mol. The van der Waals surface area contributed by atoms with E-state index in [4.69, 9.17) is 5.11 Å². The van der Waals surface area contributed by atoms with E-state index in [1.54, 1.807) is 0 Å². The Hall–Kier alpha value is -0.830. The SMILES string of the molecule is C=C(CCCCNC(C)C)C(=O)O. The minimum absolute atomic E-state index is 0.310. The zero-order valence-corrected chi connectivity index (χ0v) is 8.47. The lowest BCUT2D eigenvalue weighted by atomic mass is 10.1. The van der Waals surface area contributed by atoms with E-state index in [1.165, 1.54) is 0 Å². The summed E-state index contributed by atoms with van der Waals surface area (Å²) in [5, 5.41) is 11.8. The van der Waals surface area contributed by atoms with Gasteiger partial charge in [0.25, 0.3) is 0 Å². The number of carboxylic acid groups (broad SMARTS) is 1. The van der Waals surface area contributed by atoms with Crippen molar-refractivity contribution in [1.82, 2.24) is 5.32 Å². The molecule has 13 heavy (non-hydrogen) atoms. The minimum atomic E-state index is -0.878. The second kappa shape index (κ2) is 6.66. The van der Waals surface area contributed by atoms with Crippen molar-refractivity contribution in [2.45, 2.75) is 39.2 Å². The Kier molecular flexibility index (Phi) is 6.24. The number of nitrogens with one attached hydrogen (secondary N) is 1. The Morgan fingerprint density at radius 3 is 2.54 bits per heavy atom. The molecule has 3 nitrogen and oxygen atoms in total. The van der Waals surface area contributed by atoms with E-state index in [9.17, 15) is 4.79 Å². The lowest BCUT2D eigenvalue weighted by Gasteiger charge is -2.07. The van der Waals surface area contributed by atoms with E-state index in [0.29, 0.717) is 18.0 Å². The molecule has 0 spiro atoms. The maximum absolute atomic E-state index is 10.4. The standard InChI is InChI=1S/C10H19NO2/c1-8(2)11-7-5-4-6-9(3)10(12)13/h8,11H,3-7H2,1-2H3,(H,12,13). The molecule has 0 aliphatic carbocycles. The van der Waals surface area contributed by atoms with Gasteiger partial charge in [0.15, 0.2) is 0 Å². The summed E-state index contributed by atoms with van der Waals surface area (Å²) in [7, 11) is 0. The number of rotatable bonds is 7. The average Bonchev–Trinajstić information content (AvgIpc) is 2.02. The van der Waals surface area contributed by atoms with Gasteiger partial charge >= 0.3 is 5.97 Å². The Bertz CT molecular complexity index is 176. The van der Waals surface area contributed by atoms with Gasteiger partial charge in [-0.15, -0.1) is 0 Å². The quantitative estimate of drug-likeness (QED) is 0.469. The van der Waals surface area contributed by atoms with Gasteiger partial charge in [0.05, 0.1) is 0 Å². The molecule has 0 aromatic rings. The largest absolute Gasteiger partial charge is 0.478 e. The molecule has 0 saturated heterocycles. The van der Waals surface area contributed by atoms with Gasteiger partial charge in [0.1, 0.15) is 0 Å². The summed E-state index contributed by atoms with van der Waals surface area (Å²) >= 11 is 0. The van der Waals surface area contributed by atoms with Crippen molar-refractivity contribution in [3.05, 3.63) is 12.2 Å². The molecule has 0 unspecified atom stereocenters. The summed E-state index contributed by atoms with van der Waals surface area (Å²) < 4.78 is 0. The Morgan fingerprint density at radius 1 is 1.46 bits per heavy atom. The van der Waals surface area contributed by atoms with Crippen LogP contribution < -0.4 is 5.32 Å². The zero-order chi connectivity index (χ0) is 10.3. The summed E-state index contributed by atoms with van der Waals surface area (Å²) in [5.41, 5.74) is 0.310. The smallest absolute Gasteiger partial charge is 0.330 e. The van der Waals surface area contributed by atoms with Gasteiger partial charge in [-0.2, -0.15) is 0 Å². The molecule has 0 aromatic heterocycles. The highest BCUT2D eigenvalue weighted by atomic mass is 16.4. The molecule has 0 amide bonds. The van der Waals surface area contributed by atoms with Crippen LogP contribution in [0.1, 0.15) is 33.1 Å². The van der Waals surface area contributed by atoms with Crippen molar-refractivity contribution in [3.63, 3.8) is 0 Å². The fourth-order valence-electron chi connectivity index (χ4n) is 0.961. The van der Waals surface area contributed by atoms with E-state index >= 15 is 0 Å². The van der Waals surface area contributed by atoms with Gasteiger partial charge in [-0.05, 0) is 25.8 Å². The first-order valence-electron chi connectivity index (χ1n) is 4.68. The minimum Gasteiger partial charge on any atom is -0.478 e. The highest BCUT2D eigenvalue weighted by molar-refractivity contribution is 5.85. The third-order valence-electron chi connectivity index (χ3n) is 1.76. The molecule has 0 atom stereocenters. The zero-order valence-electron chi connectivity index (χ0n) is 8.47. The molecule has 3 heteroatoms. The Balaban J connectivity index is 3.26. The molecule has 0 saturated carbocycles. The molecule has 2 N–H and O–H groups in total. The second-order valence-corrected chi connectivity index (χ2v) is 3.47. The van der Waals surface area contributed by atoms with Crippen LogP contribution in [0.3, 0.4) is 0 Å². The molecule has 0 radical (unpaired) electrons. The third kappa shape index (κ3) is 7.53. The number of carboxylic acids is 1. The van der Waals surface area contributed by atoms with Gasteiger partial charge in [-0.3, -0.25) is 0 Å². The van der Waals surface area contributed by atoms with Crippen LogP contribution in [0.2, 0.25) is 0 Å². The molecule has 0 aliphatic heterocycles. The topological polar surface area (TPSA) is 49.3 Å². The molecule has 0 bridgehead atoms. The predicted octanol–water partition coefficient (Wildman–Crippen LogP) is 1.80. The van der Waals surface area contributed by atoms with Gasteiger partial charge < -0.3 is 10.4 Å². The molecule has 0 rings (SSSR count). The van der Waals surface area contributed by atoms with Crippen LogP contribution in [0.25, 0.3) is 0 Å². The number of hydrogen-bond donors (Lipinski definition) is 2. The summed E-state index contributed by atoms with van der Waals surface area (Å²) in [4.78, 5) is 10.4. The second-order valence-electron chi connectivity index (χ2n) is 3.47. The van der Waals surface area contributed by atoms with Gasteiger partial charge in [0.2, 0.25) is 0 Å². The highest BCUT2D eigenvalue weighted by Gasteiger charge is 2.02. The molecule has 0 heterocycles. The van der Waals surface area contributed by atoms with Crippen molar-refractivity contribution < 1.29 is 9.90 Å². The molecule has 0 fully saturated rings. The molecule has 0 aromatic carbocycles. The lowest BCUT2D eigenvalue weighted by molar-refractivity contribution is -0.132. The van der Waals surface area contributed by atoms with E-state index < -0.39 is 5.97 Å². The van der Waals surface area contributed by atoms with Crippen molar-refractivity contribution in [1.29, 1.82) is 0 Å². The first-order chi connectivity index (χ1) is 6.04. The third-order valence-corrected chi connectivity index (χ3v) is 1.76. The summed E-state index contributed by atoms with van der Waals surface area (Å²) in [6, 6.07) is 0.502. The fourth-order valence-corrected chi connectivity index (χ4v) is 0.961.